The Hall–Kier alpha value is 0.960. The van der Waals surface area contributed by atoms with Crippen LogP contribution in [0.4, 0.5) is 0 Å². The number of hydrogen-bond donors (Lipinski definition) is 0. The molecule has 3 nitrogen and oxygen atoms in total. The highest BCUT2D eigenvalue weighted by atomic mass is 127. The van der Waals surface area contributed by atoms with Crippen molar-refractivity contribution in [1.82, 2.24) is 4.90 Å². The first-order valence-corrected chi connectivity index (χ1v) is 10.4. The first-order valence-electron chi connectivity index (χ1n) is 7.07. The molecule has 0 aromatic rings. The Morgan fingerprint density at radius 3 is 2.28 bits per heavy atom. The van der Waals surface area contributed by atoms with E-state index in [4.69, 9.17) is 8.92 Å². The zero-order valence-corrected chi connectivity index (χ0v) is 13.7. The fourth-order valence-electron chi connectivity index (χ4n) is 3.65. The molecule has 104 valence electrons. The van der Waals surface area contributed by atoms with Gasteiger partial charge in [0.25, 0.3) is 0 Å². The molecule has 5 heteroatoms. The highest BCUT2D eigenvalue weighted by Gasteiger charge is 2.40. The van der Waals surface area contributed by atoms with Crippen LogP contribution in [0.2, 0.25) is 0 Å². The molecule has 1 saturated carbocycles. The van der Waals surface area contributed by atoms with Crippen LogP contribution in [0.1, 0.15) is 38.5 Å². The molecular formula is C13H22INO2S. The summed E-state index contributed by atoms with van der Waals surface area (Å²) in [6, 6.07) is 0.734. The Balaban J connectivity index is 1.46. The molecule has 2 saturated heterocycles. The van der Waals surface area contributed by atoms with Crippen molar-refractivity contribution in [1.29, 1.82) is 0 Å². The Kier molecular flexibility index (Phi) is 4.76. The number of piperidine rings is 1. The first-order chi connectivity index (χ1) is 8.81. The van der Waals surface area contributed by atoms with Gasteiger partial charge in [0, 0.05) is 21.2 Å². The second-order valence-corrected chi connectivity index (χ2v) is 7.48. The quantitative estimate of drug-likeness (QED) is 0.550. The molecule has 3 rings (SSSR count). The van der Waals surface area contributed by atoms with Crippen LogP contribution < -0.4 is 0 Å². The topological polar surface area (TPSA) is 21.7 Å². The van der Waals surface area contributed by atoms with Crippen molar-refractivity contribution < 1.29 is 8.92 Å². The van der Waals surface area contributed by atoms with Gasteiger partial charge in [-0.3, -0.25) is 4.90 Å². The highest BCUT2D eigenvalue weighted by Crippen LogP contribution is 2.46. The molecule has 3 aliphatic rings. The molecular weight excluding hydrogens is 361 g/mol. The van der Waals surface area contributed by atoms with Gasteiger partial charge in [-0.15, -0.1) is 0 Å². The summed E-state index contributed by atoms with van der Waals surface area (Å²) >= 11 is 2.23. The average Bonchev–Trinajstić information content (AvgIpc) is 2.34. The summed E-state index contributed by atoms with van der Waals surface area (Å²) in [6.07, 6.45) is 8.59. The zero-order chi connectivity index (χ0) is 12.4. The maximum absolute atomic E-state index is 5.68. The molecule has 2 aliphatic heterocycles. The van der Waals surface area contributed by atoms with E-state index in [1.165, 1.54) is 60.8 Å². The Morgan fingerprint density at radius 1 is 1.11 bits per heavy atom. The van der Waals surface area contributed by atoms with E-state index in [0.29, 0.717) is 11.5 Å². The lowest BCUT2D eigenvalue weighted by molar-refractivity contribution is -0.0868. The summed E-state index contributed by atoms with van der Waals surface area (Å²) in [6.45, 7) is 4.52. The van der Waals surface area contributed by atoms with E-state index in [9.17, 15) is 0 Å². The molecule has 0 N–H and O–H groups in total. The smallest absolute Gasteiger partial charge is 0.0732 e. The standard InChI is InChI=1S/C13H22INO2S/c14-18-17-12-1-3-13(4-2-12)5-7-15(8-6-13)11-9-16-10-11/h11-12H,1-10H2. The van der Waals surface area contributed by atoms with Gasteiger partial charge in [-0.2, -0.15) is 0 Å². The number of nitrogens with zero attached hydrogens (tertiary/aromatic N) is 1. The third kappa shape index (κ3) is 3.00. The van der Waals surface area contributed by atoms with Crippen molar-refractivity contribution in [2.24, 2.45) is 5.41 Å². The van der Waals surface area contributed by atoms with Crippen molar-refractivity contribution in [3.8, 4) is 0 Å². The predicted octanol–water partition coefficient (Wildman–Crippen LogP) is 3.42. The Labute approximate surface area is 126 Å². The zero-order valence-electron chi connectivity index (χ0n) is 10.8. The molecule has 1 spiro atoms. The highest BCUT2D eigenvalue weighted by molar-refractivity contribution is 14.2. The number of rotatable bonds is 3. The van der Waals surface area contributed by atoms with E-state index in [-0.39, 0.29) is 0 Å². The van der Waals surface area contributed by atoms with Gasteiger partial charge in [0.15, 0.2) is 0 Å². The maximum atomic E-state index is 5.68. The van der Waals surface area contributed by atoms with E-state index < -0.39 is 0 Å². The molecule has 0 atom stereocenters. The molecule has 0 radical (unpaired) electrons. The van der Waals surface area contributed by atoms with Gasteiger partial charge in [-0.05, 0) is 57.0 Å². The molecule has 2 heterocycles. The summed E-state index contributed by atoms with van der Waals surface area (Å²) in [4.78, 5) is 2.65. The van der Waals surface area contributed by atoms with E-state index in [0.717, 1.165) is 19.3 Å². The molecule has 18 heavy (non-hydrogen) atoms. The van der Waals surface area contributed by atoms with Crippen LogP contribution in [0, 0.1) is 5.41 Å². The molecule has 0 aromatic carbocycles. The minimum absolute atomic E-state index is 0.510. The Bertz CT molecular complexity index is 270. The summed E-state index contributed by atoms with van der Waals surface area (Å²) in [7, 11) is 1.51. The van der Waals surface area contributed by atoms with Crippen LogP contribution in [0.5, 0.6) is 0 Å². The van der Waals surface area contributed by atoms with Crippen molar-refractivity contribution in [3.05, 3.63) is 0 Å². The molecule has 1 aliphatic carbocycles. The van der Waals surface area contributed by atoms with Gasteiger partial charge < -0.3 is 8.92 Å². The fourth-order valence-corrected chi connectivity index (χ4v) is 4.83. The molecule has 3 fully saturated rings. The van der Waals surface area contributed by atoms with Gasteiger partial charge in [-0.25, -0.2) is 0 Å². The third-order valence-corrected chi connectivity index (χ3v) is 6.13. The van der Waals surface area contributed by atoms with Gasteiger partial charge in [0.05, 0.1) is 34.6 Å². The van der Waals surface area contributed by atoms with E-state index >= 15 is 0 Å². The van der Waals surface area contributed by atoms with E-state index in [1.807, 2.05) is 0 Å². The van der Waals surface area contributed by atoms with Gasteiger partial charge in [0.1, 0.15) is 0 Å². The van der Waals surface area contributed by atoms with Crippen LogP contribution in [-0.4, -0.2) is 43.3 Å². The van der Waals surface area contributed by atoms with Crippen molar-refractivity contribution in [2.75, 3.05) is 26.3 Å². The minimum Gasteiger partial charge on any atom is -0.378 e. The second-order valence-electron chi connectivity index (χ2n) is 6.09. The number of hydrogen-bond acceptors (Lipinski definition) is 4. The fraction of sp³-hybridized carbons (Fsp3) is 1.00. The van der Waals surface area contributed by atoms with Gasteiger partial charge in [0.2, 0.25) is 0 Å². The average molecular weight is 383 g/mol. The molecule has 0 bridgehead atoms. The molecule has 0 amide bonds. The summed E-state index contributed by atoms with van der Waals surface area (Å²) in [5, 5.41) is 0. The summed E-state index contributed by atoms with van der Waals surface area (Å²) in [5.74, 6) is 0. The largest absolute Gasteiger partial charge is 0.378 e. The van der Waals surface area contributed by atoms with E-state index in [1.54, 1.807) is 0 Å². The first kappa shape index (κ1) is 13.9. The maximum Gasteiger partial charge on any atom is 0.0732 e. The molecule has 0 unspecified atom stereocenters. The van der Waals surface area contributed by atoms with Crippen LogP contribution in [-0.2, 0) is 8.92 Å². The van der Waals surface area contributed by atoms with E-state index in [2.05, 4.69) is 26.1 Å². The summed E-state index contributed by atoms with van der Waals surface area (Å²) < 4.78 is 11.0. The number of halogens is 1. The third-order valence-electron chi connectivity index (χ3n) is 5.16. The number of likely N-dealkylation sites (tertiary alicyclic amines) is 1. The van der Waals surface area contributed by atoms with Crippen LogP contribution in [0.3, 0.4) is 0 Å². The van der Waals surface area contributed by atoms with Crippen LogP contribution in [0.15, 0.2) is 0 Å². The molecule has 0 aromatic heterocycles. The second kappa shape index (κ2) is 6.16. The number of ether oxygens (including phenoxy) is 1. The minimum atomic E-state index is 0.510. The lowest BCUT2D eigenvalue weighted by Gasteiger charge is -2.48. The van der Waals surface area contributed by atoms with Crippen molar-refractivity contribution in [3.63, 3.8) is 0 Å². The van der Waals surface area contributed by atoms with Crippen LogP contribution >= 0.6 is 30.4 Å². The Morgan fingerprint density at radius 2 is 1.78 bits per heavy atom. The SMILES string of the molecule is ISOC1CCC2(CC1)CCN(C1COC1)CC2. The normalized spacial score (nSPS) is 30.5. The lowest BCUT2D eigenvalue weighted by atomic mass is 9.67. The van der Waals surface area contributed by atoms with Crippen LogP contribution in [0.25, 0.3) is 0 Å². The van der Waals surface area contributed by atoms with Gasteiger partial charge in [-0.1, -0.05) is 0 Å². The predicted molar refractivity (Wildman–Crippen MR) is 82.8 cm³/mol. The summed E-state index contributed by atoms with van der Waals surface area (Å²) in [5.41, 5.74) is 0.650. The monoisotopic (exact) mass is 383 g/mol. The van der Waals surface area contributed by atoms with Crippen molar-refractivity contribution in [2.45, 2.75) is 50.7 Å². The van der Waals surface area contributed by atoms with Gasteiger partial charge >= 0.3 is 0 Å². The lowest BCUT2D eigenvalue weighted by Crippen LogP contribution is -2.53. The van der Waals surface area contributed by atoms with Crippen molar-refractivity contribution >= 4 is 30.4 Å².